The zero-order valence-electron chi connectivity index (χ0n) is 16.7. The fourth-order valence-corrected chi connectivity index (χ4v) is 5.09. The number of hydrogen-bond acceptors (Lipinski definition) is 8. The van der Waals surface area contributed by atoms with Gasteiger partial charge in [0.2, 0.25) is 16.2 Å². The number of nitrogen functional groups attached to an aromatic ring is 1. The molecule has 0 saturated heterocycles. The second kappa shape index (κ2) is 10.1. The monoisotopic (exact) mass is 448 g/mol. The highest BCUT2D eigenvalue weighted by Crippen LogP contribution is 2.28. The van der Waals surface area contributed by atoms with Crippen molar-refractivity contribution in [2.75, 3.05) is 24.7 Å². The third kappa shape index (κ3) is 5.52. The normalized spacial score (nSPS) is 11.0. The molecule has 0 atom stereocenters. The standard InChI is InChI=1S/C19H24N6OS3/c1-4-24(5-2)16(26)12-29-19-23-22-18(25(19)20)28-11-15-10-27-17(21-15)14-8-6-13(3)7-9-14/h6-10H,4-5,11-12,20H2,1-3H3. The first-order chi connectivity index (χ1) is 14.0. The topological polar surface area (TPSA) is 89.9 Å². The number of thiazole rings is 1. The van der Waals surface area contributed by atoms with Crippen LogP contribution in [0, 0.1) is 6.92 Å². The number of carbonyl (C=O) groups excluding carboxylic acids is 1. The van der Waals surface area contributed by atoms with Crippen molar-refractivity contribution >= 4 is 40.8 Å². The molecule has 10 heteroatoms. The molecule has 1 amide bonds. The maximum absolute atomic E-state index is 12.1. The first-order valence-corrected chi connectivity index (χ1v) is 12.1. The van der Waals surface area contributed by atoms with E-state index in [1.54, 1.807) is 16.2 Å². The molecule has 29 heavy (non-hydrogen) atoms. The summed E-state index contributed by atoms with van der Waals surface area (Å²) in [6.07, 6.45) is 0. The Labute approximate surface area is 183 Å². The lowest BCUT2D eigenvalue weighted by Gasteiger charge is -2.17. The minimum absolute atomic E-state index is 0.0725. The molecule has 154 valence electrons. The number of aryl methyl sites for hydroxylation is 1. The van der Waals surface area contributed by atoms with Crippen LogP contribution < -0.4 is 5.84 Å². The predicted molar refractivity (Wildman–Crippen MR) is 121 cm³/mol. The molecular formula is C19H24N6OS3. The van der Waals surface area contributed by atoms with Gasteiger partial charge in [-0.15, -0.1) is 21.5 Å². The zero-order chi connectivity index (χ0) is 20.8. The van der Waals surface area contributed by atoms with E-state index < -0.39 is 0 Å². The molecule has 0 aliphatic heterocycles. The maximum Gasteiger partial charge on any atom is 0.233 e. The van der Waals surface area contributed by atoms with Gasteiger partial charge in [0.25, 0.3) is 0 Å². The van der Waals surface area contributed by atoms with E-state index in [9.17, 15) is 4.79 Å². The highest BCUT2D eigenvalue weighted by molar-refractivity contribution is 8.00. The molecule has 3 aromatic rings. The summed E-state index contributed by atoms with van der Waals surface area (Å²) in [6, 6.07) is 8.35. The van der Waals surface area contributed by atoms with Crippen molar-refractivity contribution in [3.05, 3.63) is 40.9 Å². The van der Waals surface area contributed by atoms with Crippen molar-refractivity contribution in [2.24, 2.45) is 0 Å². The van der Waals surface area contributed by atoms with E-state index in [1.165, 1.54) is 33.8 Å². The van der Waals surface area contributed by atoms with Crippen LogP contribution in [0.15, 0.2) is 40.0 Å². The Morgan fingerprint density at radius 2 is 1.79 bits per heavy atom. The van der Waals surface area contributed by atoms with Crippen LogP contribution in [0.4, 0.5) is 0 Å². The van der Waals surface area contributed by atoms with Crippen molar-refractivity contribution < 1.29 is 4.79 Å². The van der Waals surface area contributed by atoms with Gasteiger partial charge in [0, 0.05) is 29.8 Å². The van der Waals surface area contributed by atoms with Crippen LogP contribution in [-0.4, -0.2) is 49.5 Å². The van der Waals surface area contributed by atoms with Crippen LogP contribution in [0.2, 0.25) is 0 Å². The predicted octanol–water partition coefficient (Wildman–Crippen LogP) is 3.68. The third-order valence-corrected chi connectivity index (χ3v) is 7.12. The van der Waals surface area contributed by atoms with Gasteiger partial charge in [0.05, 0.1) is 11.4 Å². The lowest BCUT2D eigenvalue weighted by molar-refractivity contribution is -0.127. The molecule has 0 fully saturated rings. The van der Waals surface area contributed by atoms with Gasteiger partial charge < -0.3 is 10.7 Å². The summed E-state index contributed by atoms with van der Waals surface area (Å²) >= 11 is 4.41. The van der Waals surface area contributed by atoms with Crippen LogP contribution in [0.3, 0.4) is 0 Å². The van der Waals surface area contributed by atoms with E-state index in [0.717, 1.165) is 16.3 Å². The van der Waals surface area contributed by atoms with Crippen LogP contribution in [0.5, 0.6) is 0 Å². The summed E-state index contributed by atoms with van der Waals surface area (Å²) in [4.78, 5) is 18.6. The zero-order valence-corrected chi connectivity index (χ0v) is 19.1. The molecule has 1 aromatic carbocycles. The van der Waals surface area contributed by atoms with Gasteiger partial charge in [-0.05, 0) is 20.8 Å². The van der Waals surface area contributed by atoms with Gasteiger partial charge in [0.15, 0.2) is 0 Å². The minimum atomic E-state index is 0.0725. The van der Waals surface area contributed by atoms with Gasteiger partial charge in [-0.3, -0.25) is 4.79 Å². The largest absolute Gasteiger partial charge is 0.343 e. The lowest BCUT2D eigenvalue weighted by Crippen LogP contribution is -2.32. The van der Waals surface area contributed by atoms with Crippen molar-refractivity contribution in [2.45, 2.75) is 36.8 Å². The van der Waals surface area contributed by atoms with Crippen LogP contribution >= 0.6 is 34.9 Å². The number of rotatable bonds is 9. The Hall–Kier alpha value is -2.04. The van der Waals surface area contributed by atoms with E-state index in [1.807, 2.05) is 13.8 Å². The highest BCUT2D eigenvalue weighted by Gasteiger charge is 2.16. The van der Waals surface area contributed by atoms with Gasteiger partial charge in [-0.25, -0.2) is 9.66 Å². The molecular weight excluding hydrogens is 424 g/mol. The quantitative estimate of drug-likeness (QED) is 0.394. The van der Waals surface area contributed by atoms with Gasteiger partial charge >= 0.3 is 0 Å². The van der Waals surface area contributed by atoms with Gasteiger partial charge in [-0.2, -0.15) is 0 Å². The van der Waals surface area contributed by atoms with E-state index >= 15 is 0 Å². The minimum Gasteiger partial charge on any atom is -0.343 e. The average Bonchev–Trinajstić information content (AvgIpc) is 3.33. The number of amides is 1. The van der Waals surface area contributed by atoms with Crippen LogP contribution in [0.25, 0.3) is 10.6 Å². The lowest BCUT2D eigenvalue weighted by atomic mass is 10.2. The molecule has 0 radical (unpaired) electrons. The molecule has 3 rings (SSSR count). The number of aromatic nitrogens is 4. The highest BCUT2D eigenvalue weighted by atomic mass is 32.2. The molecule has 0 unspecified atom stereocenters. The third-order valence-electron chi connectivity index (χ3n) is 4.27. The first kappa shape index (κ1) is 21.7. The van der Waals surface area contributed by atoms with E-state index in [2.05, 4.69) is 46.8 Å². The fourth-order valence-electron chi connectivity index (χ4n) is 2.59. The van der Waals surface area contributed by atoms with Gasteiger partial charge in [0.1, 0.15) is 5.01 Å². The molecule has 2 heterocycles. The Morgan fingerprint density at radius 1 is 1.14 bits per heavy atom. The molecule has 0 bridgehead atoms. The summed E-state index contributed by atoms with van der Waals surface area (Å²) in [6.45, 7) is 7.40. The Bertz CT molecular complexity index is 949. The summed E-state index contributed by atoms with van der Waals surface area (Å²) in [5, 5.41) is 12.5. The number of carbonyl (C=O) groups is 1. The number of thioether (sulfide) groups is 2. The van der Waals surface area contributed by atoms with Crippen molar-refractivity contribution in [3.8, 4) is 10.6 Å². The summed E-state index contributed by atoms with van der Waals surface area (Å²) < 4.78 is 1.44. The number of benzene rings is 1. The smallest absolute Gasteiger partial charge is 0.233 e. The SMILES string of the molecule is CCN(CC)C(=O)CSc1nnc(SCc2csc(-c3ccc(C)cc3)n2)n1N. The van der Waals surface area contributed by atoms with E-state index in [0.29, 0.717) is 34.9 Å². The second-order valence-electron chi connectivity index (χ2n) is 6.29. The Kier molecular flexibility index (Phi) is 7.57. The summed E-state index contributed by atoms with van der Waals surface area (Å²) in [5.41, 5.74) is 3.33. The summed E-state index contributed by atoms with van der Waals surface area (Å²) in [5.74, 6) is 7.14. The van der Waals surface area contributed by atoms with E-state index in [4.69, 9.17) is 10.8 Å². The van der Waals surface area contributed by atoms with Crippen molar-refractivity contribution in [1.29, 1.82) is 0 Å². The van der Waals surface area contributed by atoms with E-state index in [-0.39, 0.29) is 5.91 Å². The molecule has 2 N–H and O–H groups in total. The molecule has 0 aliphatic rings. The molecule has 0 spiro atoms. The fraction of sp³-hybridized carbons (Fsp3) is 0.368. The average molecular weight is 449 g/mol. The Balaban J connectivity index is 1.57. The van der Waals surface area contributed by atoms with Gasteiger partial charge in [-0.1, -0.05) is 53.4 Å². The Morgan fingerprint density at radius 3 is 2.45 bits per heavy atom. The van der Waals surface area contributed by atoms with Crippen LogP contribution in [-0.2, 0) is 10.5 Å². The molecule has 0 saturated carbocycles. The molecule has 2 aromatic heterocycles. The molecule has 7 nitrogen and oxygen atoms in total. The number of hydrogen-bond donors (Lipinski definition) is 1. The van der Waals surface area contributed by atoms with Crippen molar-refractivity contribution in [1.82, 2.24) is 24.8 Å². The molecule has 0 aliphatic carbocycles. The number of nitrogens with zero attached hydrogens (tertiary/aromatic N) is 5. The second-order valence-corrected chi connectivity index (χ2v) is 9.03. The summed E-state index contributed by atoms with van der Waals surface area (Å²) in [7, 11) is 0. The van der Waals surface area contributed by atoms with Crippen molar-refractivity contribution in [3.63, 3.8) is 0 Å². The maximum atomic E-state index is 12.1. The van der Waals surface area contributed by atoms with Crippen LogP contribution in [0.1, 0.15) is 25.1 Å². The first-order valence-electron chi connectivity index (χ1n) is 9.27. The number of nitrogens with two attached hydrogens (primary N) is 1.